The van der Waals surface area contributed by atoms with Crippen LogP contribution in [0.5, 0.6) is 0 Å². The van der Waals surface area contributed by atoms with E-state index in [4.69, 9.17) is 5.84 Å². The first-order valence-electron chi connectivity index (χ1n) is 6.71. The molecule has 1 heterocycles. The summed E-state index contributed by atoms with van der Waals surface area (Å²) in [6.45, 7) is 4.56. The van der Waals surface area contributed by atoms with E-state index in [0.29, 0.717) is 6.04 Å². The number of rotatable bonds is 9. The van der Waals surface area contributed by atoms with Crippen LogP contribution in [0.25, 0.3) is 0 Å². The van der Waals surface area contributed by atoms with Crippen molar-refractivity contribution in [2.45, 2.75) is 58.4 Å². The monoisotopic (exact) mass is 254 g/mol. The van der Waals surface area contributed by atoms with E-state index in [-0.39, 0.29) is 0 Å². The van der Waals surface area contributed by atoms with E-state index >= 15 is 0 Å². The predicted molar refractivity (Wildman–Crippen MR) is 77.1 cm³/mol. The molecule has 1 aromatic heterocycles. The Balaban J connectivity index is 2.09. The van der Waals surface area contributed by atoms with Gasteiger partial charge in [0, 0.05) is 10.9 Å². The number of nitrogens with one attached hydrogen (secondary N) is 1. The Labute approximate surface area is 110 Å². The van der Waals surface area contributed by atoms with Crippen LogP contribution < -0.4 is 11.3 Å². The molecule has 0 radical (unpaired) electrons. The number of hydrazine groups is 1. The SMILES string of the molecule is CC(C)CCCC(CCCc1cccs1)NN. The largest absolute Gasteiger partial charge is 0.271 e. The molecule has 3 N–H and O–H groups in total. The van der Waals surface area contributed by atoms with Gasteiger partial charge < -0.3 is 0 Å². The Kier molecular flexibility index (Phi) is 7.49. The Hall–Kier alpha value is -0.380. The van der Waals surface area contributed by atoms with Gasteiger partial charge in [0.05, 0.1) is 0 Å². The van der Waals surface area contributed by atoms with E-state index in [0.717, 1.165) is 5.92 Å². The zero-order valence-electron chi connectivity index (χ0n) is 11.1. The summed E-state index contributed by atoms with van der Waals surface area (Å²) in [4.78, 5) is 1.49. The highest BCUT2D eigenvalue weighted by Crippen LogP contribution is 2.15. The quantitative estimate of drug-likeness (QED) is 0.520. The fourth-order valence-corrected chi connectivity index (χ4v) is 2.81. The van der Waals surface area contributed by atoms with Gasteiger partial charge in [0.1, 0.15) is 0 Å². The lowest BCUT2D eigenvalue weighted by atomic mass is 10.00. The van der Waals surface area contributed by atoms with Crippen LogP contribution in [-0.2, 0) is 6.42 Å². The summed E-state index contributed by atoms with van der Waals surface area (Å²) in [6.07, 6.45) is 7.41. The third-order valence-corrected chi connectivity index (χ3v) is 4.06. The van der Waals surface area contributed by atoms with E-state index < -0.39 is 0 Å². The van der Waals surface area contributed by atoms with Crippen molar-refractivity contribution in [3.8, 4) is 0 Å². The van der Waals surface area contributed by atoms with Gasteiger partial charge in [0.2, 0.25) is 0 Å². The molecule has 17 heavy (non-hydrogen) atoms. The molecular formula is C14H26N2S. The van der Waals surface area contributed by atoms with Crippen molar-refractivity contribution in [3.63, 3.8) is 0 Å². The molecule has 0 aliphatic heterocycles. The van der Waals surface area contributed by atoms with Crippen molar-refractivity contribution < 1.29 is 0 Å². The van der Waals surface area contributed by atoms with Crippen molar-refractivity contribution >= 4 is 11.3 Å². The Morgan fingerprint density at radius 1 is 1.24 bits per heavy atom. The summed E-state index contributed by atoms with van der Waals surface area (Å²) < 4.78 is 0. The van der Waals surface area contributed by atoms with Gasteiger partial charge >= 0.3 is 0 Å². The molecule has 0 saturated heterocycles. The average molecular weight is 254 g/mol. The second-order valence-corrected chi connectivity index (χ2v) is 6.19. The van der Waals surface area contributed by atoms with Gasteiger partial charge in [-0.25, -0.2) is 0 Å². The van der Waals surface area contributed by atoms with E-state index in [1.165, 1.54) is 43.4 Å². The Morgan fingerprint density at radius 2 is 2.00 bits per heavy atom. The zero-order chi connectivity index (χ0) is 12.5. The van der Waals surface area contributed by atoms with Crippen LogP contribution in [0.3, 0.4) is 0 Å². The molecule has 0 aliphatic rings. The molecule has 0 aliphatic carbocycles. The highest BCUT2D eigenvalue weighted by atomic mass is 32.1. The minimum Gasteiger partial charge on any atom is -0.271 e. The van der Waals surface area contributed by atoms with Gasteiger partial charge in [-0.1, -0.05) is 32.8 Å². The van der Waals surface area contributed by atoms with Crippen molar-refractivity contribution in [3.05, 3.63) is 22.4 Å². The van der Waals surface area contributed by atoms with Gasteiger partial charge in [-0.05, 0) is 43.0 Å². The smallest absolute Gasteiger partial charge is 0.0210 e. The van der Waals surface area contributed by atoms with Crippen LogP contribution in [-0.4, -0.2) is 6.04 Å². The molecule has 1 unspecified atom stereocenters. The molecule has 0 amide bonds. The summed E-state index contributed by atoms with van der Waals surface area (Å²) in [5.41, 5.74) is 2.96. The summed E-state index contributed by atoms with van der Waals surface area (Å²) in [5, 5.41) is 2.15. The molecule has 3 heteroatoms. The standard InChI is InChI=1S/C14H26N2S/c1-12(2)6-3-7-13(16-15)8-4-9-14-10-5-11-17-14/h5,10-13,16H,3-4,6-9,15H2,1-2H3. The summed E-state index contributed by atoms with van der Waals surface area (Å²) in [5.74, 6) is 6.41. The number of aryl methyl sites for hydroxylation is 1. The van der Waals surface area contributed by atoms with Crippen LogP contribution in [0.2, 0.25) is 0 Å². The molecule has 0 spiro atoms. The van der Waals surface area contributed by atoms with Crippen LogP contribution in [0, 0.1) is 5.92 Å². The Morgan fingerprint density at radius 3 is 2.59 bits per heavy atom. The molecule has 2 nitrogen and oxygen atoms in total. The average Bonchev–Trinajstić information content (AvgIpc) is 2.79. The summed E-state index contributed by atoms with van der Waals surface area (Å²) >= 11 is 1.85. The Bertz CT molecular complexity index is 270. The minimum atomic E-state index is 0.494. The van der Waals surface area contributed by atoms with Crippen molar-refractivity contribution in [2.75, 3.05) is 0 Å². The van der Waals surface area contributed by atoms with E-state index in [1.54, 1.807) is 0 Å². The van der Waals surface area contributed by atoms with Crippen LogP contribution in [0.4, 0.5) is 0 Å². The molecule has 0 fully saturated rings. The minimum absolute atomic E-state index is 0.494. The van der Waals surface area contributed by atoms with Crippen LogP contribution >= 0.6 is 11.3 Å². The normalized spacial score (nSPS) is 13.2. The number of nitrogens with two attached hydrogens (primary N) is 1. The highest BCUT2D eigenvalue weighted by molar-refractivity contribution is 7.09. The maximum atomic E-state index is 5.60. The first-order chi connectivity index (χ1) is 8.22. The lowest BCUT2D eigenvalue weighted by Gasteiger charge is -2.16. The topological polar surface area (TPSA) is 38.0 Å². The van der Waals surface area contributed by atoms with Gasteiger partial charge in [0.15, 0.2) is 0 Å². The van der Waals surface area contributed by atoms with E-state index in [9.17, 15) is 0 Å². The van der Waals surface area contributed by atoms with Crippen molar-refractivity contribution in [1.82, 2.24) is 5.43 Å². The second-order valence-electron chi connectivity index (χ2n) is 5.16. The molecule has 1 atom stereocenters. The molecule has 98 valence electrons. The van der Waals surface area contributed by atoms with E-state index in [1.807, 2.05) is 11.3 Å². The molecular weight excluding hydrogens is 228 g/mol. The molecule has 1 aromatic rings. The zero-order valence-corrected chi connectivity index (χ0v) is 11.9. The van der Waals surface area contributed by atoms with Gasteiger partial charge in [-0.2, -0.15) is 0 Å². The van der Waals surface area contributed by atoms with Crippen LogP contribution in [0.1, 0.15) is 50.8 Å². The lowest BCUT2D eigenvalue weighted by molar-refractivity contribution is 0.416. The second kappa shape index (κ2) is 8.67. The van der Waals surface area contributed by atoms with Gasteiger partial charge in [0.25, 0.3) is 0 Å². The number of hydrogen-bond acceptors (Lipinski definition) is 3. The highest BCUT2D eigenvalue weighted by Gasteiger charge is 2.07. The maximum Gasteiger partial charge on any atom is 0.0210 e. The summed E-state index contributed by atoms with van der Waals surface area (Å²) in [6, 6.07) is 4.84. The van der Waals surface area contributed by atoms with Crippen molar-refractivity contribution in [1.29, 1.82) is 0 Å². The van der Waals surface area contributed by atoms with Crippen LogP contribution in [0.15, 0.2) is 17.5 Å². The summed E-state index contributed by atoms with van der Waals surface area (Å²) in [7, 11) is 0. The van der Waals surface area contributed by atoms with Gasteiger partial charge in [-0.3, -0.25) is 11.3 Å². The first kappa shape index (κ1) is 14.7. The third-order valence-electron chi connectivity index (χ3n) is 3.13. The molecule has 1 rings (SSSR count). The van der Waals surface area contributed by atoms with Gasteiger partial charge in [-0.15, -0.1) is 11.3 Å². The molecule has 0 bridgehead atoms. The predicted octanol–water partition coefficient (Wildman–Crippen LogP) is 3.73. The fraction of sp³-hybridized carbons (Fsp3) is 0.714. The molecule has 0 saturated carbocycles. The van der Waals surface area contributed by atoms with Crippen molar-refractivity contribution in [2.24, 2.45) is 11.8 Å². The first-order valence-corrected chi connectivity index (χ1v) is 7.59. The fourth-order valence-electron chi connectivity index (χ4n) is 2.06. The number of hydrogen-bond donors (Lipinski definition) is 2. The molecule has 0 aromatic carbocycles. The lowest BCUT2D eigenvalue weighted by Crippen LogP contribution is -2.35. The third kappa shape index (κ3) is 6.81. The maximum absolute atomic E-state index is 5.60. The van der Waals surface area contributed by atoms with E-state index in [2.05, 4.69) is 36.8 Å². The number of thiophene rings is 1.